The SMILES string of the molecule is CCC(C)(C)C(=O)OC1(C(C)C)C2CC3CC(C2)CC1C3.CCC(C)(C)C(=O)OC12CC3CC(CC(O)(C3)C1)C2.CCC(C)(C)C(=O)OCC(=O)OC1C2CC3CC(C2)C(=O)OC1C3.CCC(C)(C)C(=O)OCCN1C(=O)CCC1=O.CCC1(OC(=O)C(C)(C)CC)CCCC1. The van der Waals surface area contributed by atoms with Crippen molar-refractivity contribution in [1.82, 2.24) is 4.90 Å². The van der Waals surface area contributed by atoms with Gasteiger partial charge in [0, 0.05) is 25.2 Å². The molecule has 0 spiro atoms. The van der Waals surface area contributed by atoms with Gasteiger partial charge >= 0.3 is 41.8 Å². The maximum Gasteiger partial charge on any atom is 0.344 e. The fraction of sp³-hybridized carbons (Fsp3) is 0.885. The van der Waals surface area contributed by atoms with Gasteiger partial charge in [-0.1, -0.05) is 55.4 Å². The van der Waals surface area contributed by atoms with Gasteiger partial charge in [-0.15, -0.1) is 0 Å². The van der Waals surface area contributed by atoms with Gasteiger partial charge in [0.1, 0.15) is 35.6 Å². The first-order valence-electron chi connectivity index (χ1n) is 37.7. The molecule has 3 saturated heterocycles. The van der Waals surface area contributed by atoms with Crippen LogP contribution in [0.2, 0.25) is 0 Å². The number of imide groups is 1. The summed E-state index contributed by atoms with van der Waals surface area (Å²) in [5.41, 5.74) is -3.44. The van der Waals surface area contributed by atoms with Crippen LogP contribution in [0, 0.1) is 86.3 Å². The standard InChI is InChI=1S/C19H32O2.C18H26O6.C16H26O3.C13H24O2.C12H19NO4/c1-6-18(4,5)17(20)21-19(12(2)3)15-8-13-7-14(10-15)11-16(19)9-13;1-4-18(2,3)17(21)22-9-14(19)24-15-11-5-10-6-12(8-11)16(20)23-13(15)7-10;1-4-14(2,3)13(17)19-16-8-11-5-12(9-16)7-15(18,6-11)10-16;1-5-12(3,4)11(14)15-13(6-2)9-7-8-10-13;1-4-12(2,3)11(16)17-8-7-13-9(14)5-6-10(13)15/h12-16H,6-11H2,1-5H3;10-13,15H,4-9H2,1-3H3;11-12,18H,4-10H2,1-3H3;5-10H2,1-4H3;4-8H2,1-3H3. The molecule has 14 rings (SSSR count). The molecule has 3 aliphatic heterocycles. The second kappa shape index (κ2) is 31.1. The van der Waals surface area contributed by atoms with Crippen molar-refractivity contribution in [3.63, 3.8) is 0 Å². The van der Waals surface area contributed by atoms with Crippen molar-refractivity contribution >= 4 is 53.6 Å². The Hall–Kier alpha value is -4.61. The Kier molecular flexibility index (Phi) is 25.5. The smallest absolute Gasteiger partial charge is 0.344 e. The molecule has 18 heteroatoms. The summed E-state index contributed by atoms with van der Waals surface area (Å²) in [4.78, 5) is 109. The van der Waals surface area contributed by atoms with E-state index in [0.717, 1.165) is 107 Å². The predicted molar refractivity (Wildman–Crippen MR) is 364 cm³/mol. The highest BCUT2D eigenvalue weighted by atomic mass is 16.6. The van der Waals surface area contributed by atoms with Crippen molar-refractivity contribution in [1.29, 1.82) is 0 Å². The summed E-state index contributed by atoms with van der Waals surface area (Å²) >= 11 is 0. The quantitative estimate of drug-likeness (QED) is 0.0638. The van der Waals surface area contributed by atoms with Gasteiger partial charge in [0.15, 0.2) is 6.61 Å². The summed E-state index contributed by atoms with van der Waals surface area (Å²) in [6.45, 7) is 35.5. The van der Waals surface area contributed by atoms with Gasteiger partial charge in [-0.3, -0.25) is 43.3 Å². The lowest BCUT2D eigenvalue weighted by atomic mass is 9.47. The molecule has 3 heterocycles. The molecule has 11 saturated carbocycles. The van der Waals surface area contributed by atoms with E-state index in [-0.39, 0.29) is 120 Å². The van der Waals surface area contributed by atoms with Crippen LogP contribution in [0.3, 0.4) is 0 Å². The van der Waals surface area contributed by atoms with Crippen LogP contribution in [0.4, 0.5) is 0 Å². The Morgan fingerprint density at radius 3 is 1.46 bits per heavy atom. The number of fused-ring (bicyclic) bond motifs is 1. The fourth-order valence-corrected chi connectivity index (χ4v) is 17.9. The molecule has 0 radical (unpaired) electrons. The van der Waals surface area contributed by atoms with Crippen molar-refractivity contribution in [3.05, 3.63) is 0 Å². The van der Waals surface area contributed by atoms with Crippen LogP contribution >= 0.6 is 0 Å². The van der Waals surface area contributed by atoms with Gasteiger partial charge in [-0.2, -0.15) is 0 Å². The molecule has 12 bridgehead atoms. The first kappa shape index (κ1) is 78.7. The maximum atomic E-state index is 12.8. The summed E-state index contributed by atoms with van der Waals surface area (Å²) < 4.78 is 39.4. The highest BCUT2D eigenvalue weighted by Crippen LogP contribution is 2.63. The van der Waals surface area contributed by atoms with Crippen molar-refractivity contribution in [2.75, 3.05) is 19.8 Å². The van der Waals surface area contributed by atoms with E-state index in [2.05, 4.69) is 27.7 Å². The summed E-state index contributed by atoms with van der Waals surface area (Å²) in [5.74, 6) is 3.38. The van der Waals surface area contributed by atoms with Gasteiger partial charge < -0.3 is 38.3 Å². The highest BCUT2D eigenvalue weighted by molar-refractivity contribution is 6.02. The van der Waals surface area contributed by atoms with Crippen LogP contribution in [-0.2, 0) is 76.3 Å². The van der Waals surface area contributed by atoms with Crippen molar-refractivity contribution in [2.45, 2.75) is 333 Å². The van der Waals surface area contributed by atoms with E-state index in [9.17, 15) is 48.3 Å². The average Bonchev–Trinajstić information content (AvgIpc) is 0.943. The van der Waals surface area contributed by atoms with E-state index in [1.807, 2.05) is 83.1 Å². The van der Waals surface area contributed by atoms with E-state index < -0.39 is 39.9 Å². The van der Waals surface area contributed by atoms with E-state index in [1.54, 1.807) is 13.8 Å². The van der Waals surface area contributed by atoms with Crippen molar-refractivity contribution in [3.8, 4) is 0 Å². The molecule has 14 fully saturated rings. The van der Waals surface area contributed by atoms with Crippen LogP contribution in [0.25, 0.3) is 0 Å². The molecule has 11 aliphatic carbocycles. The summed E-state index contributed by atoms with van der Waals surface area (Å²) in [6.07, 6.45) is 24.7. The van der Waals surface area contributed by atoms with Crippen LogP contribution in [0.15, 0.2) is 0 Å². The Labute approximate surface area is 576 Å². The van der Waals surface area contributed by atoms with Gasteiger partial charge in [0.25, 0.3) is 0 Å². The number of esters is 7. The number of amides is 2. The predicted octanol–water partition coefficient (Wildman–Crippen LogP) is 14.9. The summed E-state index contributed by atoms with van der Waals surface area (Å²) in [7, 11) is 0. The number of nitrogens with zero attached hydrogens (tertiary/aromatic N) is 1. The molecule has 18 nitrogen and oxygen atoms in total. The Morgan fingerprint density at radius 1 is 0.542 bits per heavy atom. The third-order valence-electron chi connectivity index (χ3n) is 25.7. The first-order chi connectivity index (χ1) is 44.7. The van der Waals surface area contributed by atoms with E-state index in [4.69, 9.17) is 33.2 Å². The largest absolute Gasteiger partial charge is 0.463 e. The number of hydrogen-bond acceptors (Lipinski definition) is 17. The van der Waals surface area contributed by atoms with Gasteiger partial charge in [0.05, 0.1) is 45.1 Å². The van der Waals surface area contributed by atoms with Crippen molar-refractivity contribution in [2.24, 2.45) is 86.3 Å². The second-order valence-electron chi connectivity index (χ2n) is 35.1. The number of likely N-dealkylation sites (tertiary alicyclic amines) is 1. The summed E-state index contributed by atoms with van der Waals surface area (Å²) in [5, 5.41) is 10.6. The third kappa shape index (κ3) is 18.3. The molecule has 0 aromatic rings. The molecule has 546 valence electrons. The van der Waals surface area contributed by atoms with Gasteiger partial charge in [-0.05, 0) is 271 Å². The van der Waals surface area contributed by atoms with Crippen LogP contribution in [0.1, 0.15) is 298 Å². The van der Waals surface area contributed by atoms with Crippen molar-refractivity contribution < 1.29 is 81.4 Å². The molecule has 1 N–H and O–H groups in total. The monoisotopic (exact) mass is 1350 g/mol. The fourth-order valence-electron chi connectivity index (χ4n) is 17.9. The molecular weight excluding hydrogens is 1220 g/mol. The molecule has 14 aliphatic rings. The Morgan fingerprint density at radius 2 is 0.990 bits per heavy atom. The average molecular weight is 1350 g/mol. The Bertz CT molecular complexity index is 2710. The van der Waals surface area contributed by atoms with Crippen LogP contribution in [0.5, 0.6) is 0 Å². The lowest BCUT2D eigenvalue weighted by Gasteiger charge is -2.62. The Balaban J connectivity index is 0.000000171. The van der Waals surface area contributed by atoms with Crippen LogP contribution < -0.4 is 0 Å². The topological polar surface area (TPSA) is 242 Å². The maximum absolute atomic E-state index is 12.8. The van der Waals surface area contributed by atoms with E-state index >= 15 is 0 Å². The summed E-state index contributed by atoms with van der Waals surface area (Å²) in [6, 6.07) is 0. The molecule has 7 unspecified atom stereocenters. The molecule has 0 aromatic heterocycles. The number of aliphatic hydroxyl groups is 1. The molecule has 0 aromatic carbocycles. The molecule has 2 amide bonds. The molecular formula is C78H127NO17. The zero-order valence-electron chi connectivity index (χ0n) is 62.6. The lowest BCUT2D eigenvalue weighted by Crippen LogP contribution is -2.63. The zero-order valence-corrected chi connectivity index (χ0v) is 62.6. The number of carbonyl (C=O) groups excluding carboxylic acids is 9. The van der Waals surface area contributed by atoms with Gasteiger partial charge in [-0.25, -0.2) is 4.79 Å². The highest BCUT2D eigenvalue weighted by Gasteiger charge is 2.62. The van der Waals surface area contributed by atoms with E-state index in [1.165, 1.54) is 51.4 Å². The minimum absolute atomic E-state index is 0.0197. The number of ether oxygens (including phenoxy) is 7. The second-order valence-corrected chi connectivity index (χ2v) is 35.1. The minimum atomic E-state index is -0.615. The zero-order chi connectivity index (χ0) is 71.4. The van der Waals surface area contributed by atoms with Crippen LogP contribution in [-0.4, -0.2) is 118 Å². The van der Waals surface area contributed by atoms with Gasteiger partial charge in [0.2, 0.25) is 11.8 Å². The third-order valence-corrected chi connectivity index (χ3v) is 25.7. The molecule has 96 heavy (non-hydrogen) atoms. The number of rotatable bonds is 21. The number of carbonyl (C=O) groups is 9. The number of hydrogen-bond donors (Lipinski definition) is 1. The molecule has 7 atom stereocenters. The van der Waals surface area contributed by atoms with E-state index in [0.29, 0.717) is 54.8 Å². The first-order valence-corrected chi connectivity index (χ1v) is 37.7. The lowest BCUT2D eigenvalue weighted by molar-refractivity contribution is -0.231. The normalized spacial score (nSPS) is 32.6. The minimum Gasteiger partial charge on any atom is -0.463 e.